The molecule has 198 valence electrons. The van der Waals surface area contributed by atoms with Crippen molar-refractivity contribution in [2.24, 2.45) is 5.92 Å². The molecule has 1 fully saturated rings. The average Bonchev–Trinajstić information content (AvgIpc) is 3.46. The molecule has 1 saturated heterocycles. The van der Waals surface area contributed by atoms with Crippen LogP contribution in [0.5, 0.6) is 0 Å². The van der Waals surface area contributed by atoms with Crippen LogP contribution in [0.2, 0.25) is 0 Å². The lowest BCUT2D eigenvalue weighted by Crippen LogP contribution is -2.26. The Morgan fingerprint density at radius 2 is 1.86 bits per heavy atom. The number of hydrogen-bond acceptors (Lipinski definition) is 8. The van der Waals surface area contributed by atoms with Gasteiger partial charge in [-0.05, 0) is 30.5 Å². The standard InChI is InChI=1S/C21H24N6O3.C2HF3O2/c1-2-14-4-6-16(7-5-14)27-11-15(10-17(27)28)21(29)30-9-3-8-26-13-25-18-19(22)23-12-24-20(18)26;3-2(4,5)1(6)7/h4-7,12-13,15H,2-3,8-11H2,1H3,(H2,22,23,24);(H,6,7). The van der Waals surface area contributed by atoms with E-state index in [2.05, 4.69) is 21.9 Å². The molecular weight excluding hydrogens is 497 g/mol. The van der Waals surface area contributed by atoms with Gasteiger partial charge in [-0.15, -0.1) is 0 Å². The van der Waals surface area contributed by atoms with Crippen molar-refractivity contribution in [3.63, 3.8) is 0 Å². The molecule has 1 amide bonds. The van der Waals surface area contributed by atoms with Crippen LogP contribution in [0.3, 0.4) is 0 Å². The Labute approximate surface area is 209 Å². The van der Waals surface area contributed by atoms with E-state index >= 15 is 0 Å². The lowest BCUT2D eigenvalue weighted by molar-refractivity contribution is -0.192. The van der Waals surface area contributed by atoms with E-state index in [4.69, 9.17) is 20.4 Å². The van der Waals surface area contributed by atoms with E-state index in [0.717, 1.165) is 12.1 Å². The third kappa shape index (κ3) is 6.92. The zero-order valence-electron chi connectivity index (χ0n) is 19.8. The van der Waals surface area contributed by atoms with Crippen LogP contribution in [0, 0.1) is 5.92 Å². The second-order valence-electron chi connectivity index (χ2n) is 8.12. The Morgan fingerprint density at radius 1 is 1.19 bits per heavy atom. The quantitative estimate of drug-likeness (QED) is 0.352. The van der Waals surface area contributed by atoms with E-state index < -0.39 is 18.1 Å². The fraction of sp³-hybridized carbons (Fsp3) is 0.391. The average molecular weight is 522 g/mol. The minimum Gasteiger partial charge on any atom is -0.475 e. The topological polar surface area (TPSA) is 154 Å². The number of carboxylic acid groups (broad SMARTS) is 1. The number of aliphatic carboxylic acids is 1. The van der Waals surface area contributed by atoms with Gasteiger partial charge in [0.1, 0.15) is 11.8 Å². The molecule has 0 radical (unpaired) electrons. The molecule has 1 aliphatic heterocycles. The van der Waals surface area contributed by atoms with Crippen molar-refractivity contribution in [1.82, 2.24) is 19.5 Å². The summed E-state index contributed by atoms with van der Waals surface area (Å²) in [6.45, 7) is 3.28. The van der Waals surface area contributed by atoms with Gasteiger partial charge in [-0.2, -0.15) is 13.2 Å². The van der Waals surface area contributed by atoms with Crippen molar-refractivity contribution in [3.05, 3.63) is 42.5 Å². The summed E-state index contributed by atoms with van der Waals surface area (Å²) in [5, 5.41) is 7.12. The number of hydrogen-bond donors (Lipinski definition) is 2. The summed E-state index contributed by atoms with van der Waals surface area (Å²) in [4.78, 5) is 47.7. The fourth-order valence-corrected chi connectivity index (χ4v) is 3.61. The van der Waals surface area contributed by atoms with Gasteiger partial charge in [-0.1, -0.05) is 19.1 Å². The first-order valence-corrected chi connectivity index (χ1v) is 11.3. The lowest BCUT2D eigenvalue weighted by atomic mass is 10.1. The monoisotopic (exact) mass is 522 g/mol. The van der Waals surface area contributed by atoms with Crippen LogP contribution in [-0.4, -0.2) is 61.8 Å². The van der Waals surface area contributed by atoms with E-state index in [1.54, 1.807) is 11.2 Å². The molecule has 0 aliphatic carbocycles. The van der Waals surface area contributed by atoms with Crippen LogP contribution in [-0.2, 0) is 32.1 Å². The second kappa shape index (κ2) is 11.7. The molecule has 1 atom stereocenters. The number of nitrogens with zero attached hydrogens (tertiary/aromatic N) is 5. The number of alkyl halides is 3. The molecule has 1 aromatic carbocycles. The number of aryl methyl sites for hydroxylation is 2. The van der Waals surface area contributed by atoms with Gasteiger partial charge in [-0.3, -0.25) is 9.59 Å². The maximum Gasteiger partial charge on any atom is 0.490 e. The number of aromatic nitrogens is 4. The number of rotatable bonds is 7. The molecular formula is C23H25F3N6O5. The number of nitrogen functional groups attached to an aromatic ring is 1. The Hall–Kier alpha value is -4.23. The van der Waals surface area contributed by atoms with Gasteiger partial charge >= 0.3 is 18.1 Å². The molecule has 1 unspecified atom stereocenters. The van der Waals surface area contributed by atoms with E-state index in [9.17, 15) is 22.8 Å². The molecule has 3 aromatic rings. The van der Waals surface area contributed by atoms with Gasteiger partial charge in [0.05, 0.1) is 18.9 Å². The van der Waals surface area contributed by atoms with E-state index in [1.807, 2.05) is 28.8 Å². The highest BCUT2D eigenvalue weighted by Crippen LogP contribution is 2.26. The molecule has 0 bridgehead atoms. The number of imidazole rings is 1. The number of ether oxygens (including phenoxy) is 1. The van der Waals surface area contributed by atoms with E-state index in [0.29, 0.717) is 36.5 Å². The number of nitrogens with two attached hydrogens (primary N) is 1. The van der Waals surface area contributed by atoms with Gasteiger partial charge in [0.25, 0.3) is 0 Å². The highest BCUT2D eigenvalue weighted by molar-refractivity contribution is 5.99. The van der Waals surface area contributed by atoms with Gasteiger partial charge < -0.3 is 25.0 Å². The van der Waals surface area contributed by atoms with Gasteiger partial charge in [0, 0.05) is 25.2 Å². The summed E-state index contributed by atoms with van der Waals surface area (Å²) in [6.07, 6.45) is -0.317. The summed E-state index contributed by atoms with van der Waals surface area (Å²) in [5.41, 5.74) is 9.03. The first kappa shape index (κ1) is 27.4. The third-order valence-corrected chi connectivity index (χ3v) is 5.57. The Bertz CT molecular complexity index is 1260. The summed E-state index contributed by atoms with van der Waals surface area (Å²) in [5.74, 6) is -3.25. The van der Waals surface area contributed by atoms with Crippen LogP contribution in [0.15, 0.2) is 36.9 Å². The summed E-state index contributed by atoms with van der Waals surface area (Å²) in [7, 11) is 0. The first-order valence-electron chi connectivity index (χ1n) is 11.3. The first-order chi connectivity index (χ1) is 17.5. The zero-order chi connectivity index (χ0) is 27.2. The van der Waals surface area contributed by atoms with Crippen LogP contribution in [0.4, 0.5) is 24.7 Å². The van der Waals surface area contributed by atoms with Crippen molar-refractivity contribution in [3.8, 4) is 0 Å². The lowest BCUT2D eigenvalue weighted by Gasteiger charge is -2.17. The zero-order valence-corrected chi connectivity index (χ0v) is 19.8. The maximum absolute atomic E-state index is 12.4. The molecule has 0 spiro atoms. The smallest absolute Gasteiger partial charge is 0.475 e. The number of carboxylic acids is 1. The minimum atomic E-state index is -5.08. The summed E-state index contributed by atoms with van der Waals surface area (Å²) >= 11 is 0. The second-order valence-corrected chi connectivity index (χ2v) is 8.12. The number of fused-ring (bicyclic) bond motifs is 1. The number of esters is 1. The normalized spacial score (nSPS) is 15.4. The molecule has 2 aromatic heterocycles. The van der Waals surface area contributed by atoms with Gasteiger partial charge in [-0.25, -0.2) is 19.7 Å². The summed E-state index contributed by atoms with van der Waals surface area (Å²) in [6, 6.07) is 7.87. The molecule has 37 heavy (non-hydrogen) atoms. The molecule has 0 saturated carbocycles. The highest BCUT2D eigenvalue weighted by atomic mass is 19.4. The predicted octanol–water partition coefficient (Wildman–Crippen LogP) is 2.59. The molecule has 1 aliphatic rings. The molecule has 4 rings (SSSR count). The largest absolute Gasteiger partial charge is 0.490 e. The predicted molar refractivity (Wildman–Crippen MR) is 125 cm³/mol. The van der Waals surface area contributed by atoms with Crippen LogP contribution in [0.25, 0.3) is 11.2 Å². The van der Waals surface area contributed by atoms with Crippen LogP contribution in [0.1, 0.15) is 25.3 Å². The minimum absolute atomic E-state index is 0.0524. The number of benzene rings is 1. The highest BCUT2D eigenvalue weighted by Gasteiger charge is 2.38. The van der Waals surface area contributed by atoms with Crippen LogP contribution < -0.4 is 10.6 Å². The van der Waals surface area contributed by atoms with Crippen molar-refractivity contribution in [2.45, 2.75) is 38.9 Å². The number of halogens is 3. The Balaban J connectivity index is 0.000000479. The fourth-order valence-electron chi connectivity index (χ4n) is 3.61. The maximum atomic E-state index is 12.4. The number of amides is 1. The Morgan fingerprint density at radius 3 is 2.49 bits per heavy atom. The van der Waals surface area contributed by atoms with E-state index in [-0.39, 0.29) is 24.9 Å². The van der Waals surface area contributed by atoms with Gasteiger partial charge in [0.2, 0.25) is 5.91 Å². The van der Waals surface area contributed by atoms with Crippen LogP contribution >= 0.6 is 0 Å². The Kier molecular flexibility index (Phi) is 8.63. The van der Waals surface area contributed by atoms with E-state index in [1.165, 1.54) is 11.9 Å². The molecule has 14 heteroatoms. The third-order valence-electron chi connectivity index (χ3n) is 5.57. The van der Waals surface area contributed by atoms with Crippen molar-refractivity contribution < 1.29 is 37.4 Å². The van der Waals surface area contributed by atoms with Crippen molar-refractivity contribution in [2.75, 3.05) is 23.8 Å². The SMILES string of the molecule is CCc1ccc(N2CC(C(=O)OCCCn3cnc4c(N)ncnc43)CC2=O)cc1.O=C(O)C(F)(F)F. The molecule has 11 nitrogen and oxygen atoms in total. The number of carbonyl (C=O) groups excluding carboxylic acids is 2. The molecule has 3 heterocycles. The number of anilines is 2. The van der Waals surface area contributed by atoms with Crippen molar-refractivity contribution >= 4 is 40.5 Å². The molecule has 3 N–H and O–H groups in total. The van der Waals surface area contributed by atoms with Crippen molar-refractivity contribution in [1.29, 1.82) is 0 Å². The summed E-state index contributed by atoms with van der Waals surface area (Å²) < 4.78 is 39.0. The van der Waals surface area contributed by atoms with Gasteiger partial charge in [0.15, 0.2) is 11.5 Å². The number of carbonyl (C=O) groups is 3.